The fourth-order valence-corrected chi connectivity index (χ4v) is 1.72. The lowest BCUT2D eigenvalue weighted by molar-refractivity contribution is -0.118. The van der Waals surface area contributed by atoms with Gasteiger partial charge in [-0.2, -0.15) is 0 Å². The Morgan fingerprint density at radius 2 is 1.85 bits per heavy atom. The minimum absolute atomic E-state index is 0.112. The van der Waals surface area contributed by atoms with Crippen LogP contribution in [0.25, 0.3) is 0 Å². The number of rotatable bonds is 5. The standard InChI is InChI=1S/C13H24N6O/c1-7(6-9(14)20)16-10-8(2)11(19-15)18-12(17-10)13(3,4)5/h7H,6,15H2,1-5H3,(H2,14,20)(H2,16,17,18,19). The van der Waals surface area contributed by atoms with Crippen LogP contribution in [-0.2, 0) is 10.2 Å². The van der Waals surface area contributed by atoms with Crippen molar-refractivity contribution in [2.24, 2.45) is 11.6 Å². The average Bonchev–Trinajstić information content (AvgIpc) is 2.29. The van der Waals surface area contributed by atoms with Gasteiger partial charge in [-0.3, -0.25) is 4.79 Å². The molecular weight excluding hydrogens is 256 g/mol. The lowest BCUT2D eigenvalue weighted by Gasteiger charge is -2.22. The molecule has 1 aromatic rings. The second-order valence-corrected chi connectivity index (χ2v) is 5.98. The molecule has 0 aliphatic heterocycles. The van der Waals surface area contributed by atoms with Crippen molar-refractivity contribution in [3.63, 3.8) is 0 Å². The highest BCUT2D eigenvalue weighted by Gasteiger charge is 2.21. The Morgan fingerprint density at radius 3 is 2.30 bits per heavy atom. The fraction of sp³-hybridized carbons (Fsp3) is 0.615. The van der Waals surface area contributed by atoms with Gasteiger partial charge in [-0.25, -0.2) is 15.8 Å². The minimum Gasteiger partial charge on any atom is -0.370 e. The van der Waals surface area contributed by atoms with E-state index >= 15 is 0 Å². The number of nitrogens with one attached hydrogen (secondary N) is 2. The molecule has 0 fully saturated rings. The summed E-state index contributed by atoms with van der Waals surface area (Å²) < 4.78 is 0. The van der Waals surface area contributed by atoms with Crippen molar-refractivity contribution in [2.75, 3.05) is 10.7 Å². The van der Waals surface area contributed by atoms with E-state index in [0.29, 0.717) is 17.5 Å². The van der Waals surface area contributed by atoms with Crippen LogP contribution in [0.2, 0.25) is 0 Å². The van der Waals surface area contributed by atoms with Crippen LogP contribution in [0.3, 0.4) is 0 Å². The number of aromatic nitrogens is 2. The minimum atomic E-state index is -0.357. The molecule has 0 aliphatic rings. The van der Waals surface area contributed by atoms with Crippen LogP contribution in [0, 0.1) is 6.92 Å². The lowest BCUT2D eigenvalue weighted by Crippen LogP contribution is -2.27. The van der Waals surface area contributed by atoms with Crippen LogP contribution in [0.5, 0.6) is 0 Å². The first-order chi connectivity index (χ1) is 9.15. The molecule has 7 heteroatoms. The summed E-state index contributed by atoms with van der Waals surface area (Å²) in [6, 6.07) is -0.112. The Kier molecular flexibility index (Phi) is 4.88. The van der Waals surface area contributed by atoms with Gasteiger partial charge in [0, 0.05) is 23.4 Å². The maximum absolute atomic E-state index is 11.0. The van der Waals surface area contributed by atoms with Gasteiger partial charge < -0.3 is 16.5 Å². The number of anilines is 2. The van der Waals surface area contributed by atoms with Gasteiger partial charge in [0.15, 0.2) is 0 Å². The lowest BCUT2D eigenvalue weighted by atomic mass is 9.95. The molecule has 0 radical (unpaired) electrons. The largest absolute Gasteiger partial charge is 0.370 e. The predicted molar refractivity (Wildman–Crippen MR) is 80.2 cm³/mol. The van der Waals surface area contributed by atoms with Crippen LogP contribution in [0.4, 0.5) is 11.6 Å². The number of hydrazine groups is 1. The summed E-state index contributed by atoms with van der Waals surface area (Å²) in [5.74, 6) is 7.04. The summed E-state index contributed by atoms with van der Waals surface area (Å²) in [4.78, 5) is 19.9. The van der Waals surface area contributed by atoms with Crippen molar-refractivity contribution in [1.82, 2.24) is 9.97 Å². The Hall–Kier alpha value is -1.89. The van der Waals surface area contributed by atoms with Crippen molar-refractivity contribution in [2.45, 2.75) is 52.5 Å². The molecule has 112 valence electrons. The van der Waals surface area contributed by atoms with Gasteiger partial charge in [-0.15, -0.1) is 0 Å². The van der Waals surface area contributed by atoms with Gasteiger partial charge in [0.05, 0.1) is 0 Å². The molecule has 6 N–H and O–H groups in total. The summed E-state index contributed by atoms with van der Waals surface area (Å²) in [6.07, 6.45) is 0.236. The van der Waals surface area contributed by atoms with Gasteiger partial charge in [0.1, 0.15) is 17.5 Å². The number of primary amides is 1. The molecule has 0 saturated carbocycles. The monoisotopic (exact) mass is 280 g/mol. The summed E-state index contributed by atoms with van der Waals surface area (Å²) >= 11 is 0. The van der Waals surface area contributed by atoms with Crippen LogP contribution < -0.4 is 22.3 Å². The van der Waals surface area contributed by atoms with Crippen LogP contribution in [-0.4, -0.2) is 21.9 Å². The van der Waals surface area contributed by atoms with E-state index in [9.17, 15) is 4.79 Å². The number of nitrogen functional groups attached to an aromatic ring is 1. The molecule has 1 rings (SSSR count). The molecule has 0 bridgehead atoms. The van der Waals surface area contributed by atoms with Crippen LogP contribution in [0.15, 0.2) is 0 Å². The summed E-state index contributed by atoms with van der Waals surface area (Å²) in [5.41, 5.74) is 8.37. The van der Waals surface area contributed by atoms with E-state index in [1.165, 1.54) is 0 Å². The van der Waals surface area contributed by atoms with Crippen molar-refractivity contribution in [1.29, 1.82) is 0 Å². The quantitative estimate of drug-likeness (QED) is 0.473. The number of hydrogen-bond donors (Lipinski definition) is 4. The molecule has 0 aromatic carbocycles. The molecule has 1 heterocycles. The van der Waals surface area contributed by atoms with Crippen molar-refractivity contribution < 1.29 is 4.79 Å². The van der Waals surface area contributed by atoms with E-state index in [1.54, 1.807) is 0 Å². The van der Waals surface area contributed by atoms with Crippen LogP contribution >= 0.6 is 0 Å². The first kappa shape index (κ1) is 16.2. The first-order valence-electron chi connectivity index (χ1n) is 6.55. The SMILES string of the molecule is Cc1c(NN)nc(C(C)(C)C)nc1NC(C)CC(N)=O. The Labute approximate surface area is 119 Å². The third kappa shape index (κ3) is 4.06. The molecule has 1 aromatic heterocycles. The van der Waals surface area contributed by atoms with Gasteiger partial charge in [0.25, 0.3) is 0 Å². The van der Waals surface area contributed by atoms with Crippen molar-refractivity contribution >= 4 is 17.5 Å². The fourth-order valence-electron chi connectivity index (χ4n) is 1.72. The molecule has 20 heavy (non-hydrogen) atoms. The van der Waals surface area contributed by atoms with E-state index in [-0.39, 0.29) is 23.8 Å². The van der Waals surface area contributed by atoms with Gasteiger partial charge >= 0.3 is 0 Å². The number of carbonyl (C=O) groups excluding carboxylic acids is 1. The number of nitrogens with two attached hydrogens (primary N) is 2. The highest BCUT2D eigenvalue weighted by Crippen LogP contribution is 2.26. The van der Waals surface area contributed by atoms with Crippen LogP contribution in [0.1, 0.15) is 45.5 Å². The molecule has 7 nitrogen and oxygen atoms in total. The zero-order valence-electron chi connectivity index (χ0n) is 12.7. The molecular formula is C13H24N6O. The normalized spacial score (nSPS) is 12.9. The highest BCUT2D eigenvalue weighted by molar-refractivity contribution is 5.75. The average molecular weight is 280 g/mol. The molecule has 0 saturated heterocycles. The zero-order valence-corrected chi connectivity index (χ0v) is 12.7. The Morgan fingerprint density at radius 1 is 1.30 bits per heavy atom. The van der Waals surface area contributed by atoms with Gasteiger partial charge in [-0.1, -0.05) is 20.8 Å². The van der Waals surface area contributed by atoms with Crippen molar-refractivity contribution in [3.05, 3.63) is 11.4 Å². The van der Waals surface area contributed by atoms with Gasteiger partial charge in [0.2, 0.25) is 5.91 Å². The third-order valence-electron chi connectivity index (χ3n) is 2.84. The highest BCUT2D eigenvalue weighted by atomic mass is 16.1. The second-order valence-electron chi connectivity index (χ2n) is 5.98. The maximum Gasteiger partial charge on any atom is 0.219 e. The number of amides is 1. The number of nitrogens with zero attached hydrogens (tertiary/aromatic N) is 2. The third-order valence-corrected chi connectivity index (χ3v) is 2.84. The molecule has 1 unspecified atom stereocenters. The summed E-state index contributed by atoms with van der Waals surface area (Å²) in [5, 5.41) is 3.18. The summed E-state index contributed by atoms with van der Waals surface area (Å²) in [7, 11) is 0. The molecule has 1 atom stereocenters. The topological polar surface area (TPSA) is 119 Å². The Balaban J connectivity index is 3.14. The van der Waals surface area contributed by atoms with Gasteiger partial charge in [-0.05, 0) is 13.8 Å². The molecule has 0 spiro atoms. The van der Waals surface area contributed by atoms with E-state index in [2.05, 4.69) is 20.7 Å². The maximum atomic E-state index is 11.0. The predicted octanol–water partition coefficient (Wildman–Crippen LogP) is 1.04. The van der Waals surface area contributed by atoms with E-state index in [1.807, 2.05) is 34.6 Å². The smallest absolute Gasteiger partial charge is 0.219 e. The van der Waals surface area contributed by atoms with E-state index in [4.69, 9.17) is 11.6 Å². The van der Waals surface area contributed by atoms with Crippen molar-refractivity contribution in [3.8, 4) is 0 Å². The first-order valence-corrected chi connectivity index (χ1v) is 6.55. The number of hydrogen-bond acceptors (Lipinski definition) is 6. The van der Waals surface area contributed by atoms with E-state index < -0.39 is 0 Å². The van der Waals surface area contributed by atoms with E-state index in [0.717, 1.165) is 5.56 Å². The zero-order chi connectivity index (χ0) is 15.5. The molecule has 1 amide bonds. The Bertz CT molecular complexity index is 494. The molecule has 0 aliphatic carbocycles. The summed E-state index contributed by atoms with van der Waals surface area (Å²) in [6.45, 7) is 9.80. The number of carbonyl (C=O) groups is 1. The second kappa shape index (κ2) is 6.04.